The lowest BCUT2D eigenvalue weighted by Crippen LogP contribution is -2.44. The van der Waals surface area contributed by atoms with Crippen molar-refractivity contribution in [2.75, 3.05) is 39.3 Å². The molecule has 1 aliphatic rings. The molecule has 1 unspecified atom stereocenters. The Bertz CT molecular complexity index is 334. The maximum Gasteiger partial charge on any atom is 0.317 e. The van der Waals surface area contributed by atoms with Crippen LogP contribution in [0, 0.1) is 5.92 Å². The largest absolute Gasteiger partial charge is 0.480 e. The molecule has 1 aliphatic heterocycles. The number of hydrogen-bond acceptors (Lipinski definition) is 4. The Kier molecular flexibility index (Phi) is 6.95. The molecule has 0 saturated carbocycles. The summed E-state index contributed by atoms with van der Waals surface area (Å²) in [5, 5.41) is 11.8. The van der Waals surface area contributed by atoms with Crippen LogP contribution in [0.25, 0.3) is 0 Å². The molecule has 6 nitrogen and oxygen atoms in total. The molecule has 0 aliphatic carbocycles. The van der Waals surface area contributed by atoms with Crippen molar-refractivity contribution in [3.05, 3.63) is 0 Å². The third kappa shape index (κ3) is 6.34. The SMILES string of the molecule is CC(C)C(C)NC(=O)CN1CCCN(CC(=O)O)CC1. The van der Waals surface area contributed by atoms with Crippen molar-refractivity contribution in [2.45, 2.75) is 33.2 Å². The Balaban J connectivity index is 2.34. The van der Waals surface area contributed by atoms with Crippen LogP contribution in [0.4, 0.5) is 0 Å². The second-order valence-electron chi connectivity index (χ2n) is 5.90. The van der Waals surface area contributed by atoms with Crippen molar-refractivity contribution in [2.24, 2.45) is 5.92 Å². The standard InChI is InChI=1S/C14H27N3O3/c1-11(2)12(3)15-13(18)9-16-5-4-6-17(8-7-16)10-14(19)20/h11-12H,4-10H2,1-3H3,(H,15,18)(H,19,20). The molecule has 1 rings (SSSR count). The normalized spacial score (nSPS) is 19.6. The van der Waals surface area contributed by atoms with E-state index in [2.05, 4.69) is 24.1 Å². The van der Waals surface area contributed by atoms with E-state index in [1.165, 1.54) is 0 Å². The molecule has 1 fully saturated rings. The first kappa shape index (κ1) is 16.9. The van der Waals surface area contributed by atoms with E-state index >= 15 is 0 Å². The number of carboxylic acids is 1. The van der Waals surface area contributed by atoms with Crippen LogP contribution in [0.2, 0.25) is 0 Å². The van der Waals surface area contributed by atoms with E-state index in [9.17, 15) is 9.59 Å². The fourth-order valence-corrected chi connectivity index (χ4v) is 2.20. The highest BCUT2D eigenvalue weighted by molar-refractivity contribution is 5.78. The zero-order valence-corrected chi connectivity index (χ0v) is 12.8. The fourth-order valence-electron chi connectivity index (χ4n) is 2.20. The maximum atomic E-state index is 11.9. The molecule has 2 N–H and O–H groups in total. The average Bonchev–Trinajstić information content (AvgIpc) is 2.54. The predicted molar refractivity (Wildman–Crippen MR) is 77.6 cm³/mol. The third-order valence-electron chi connectivity index (χ3n) is 3.80. The van der Waals surface area contributed by atoms with E-state index in [0.717, 1.165) is 26.1 Å². The number of carbonyl (C=O) groups is 2. The molecule has 1 saturated heterocycles. The molecule has 0 aromatic rings. The van der Waals surface area contributed by atoms with Gasteiger partial charge in [-0.2, -0.15) is 0 Å². The van der Waals surface area contributed by atoms with Gasteiger partial charge in [0.25, 0.3) is 0 Å². The lowest BCUT2D eigenvalue weighted by Gasteiger charge is -2.23. The van der Waals surface area contributed by atoms with Gasteiger partial charge < -0.3 is 10.4 Å². The van der Waals surface area contributed by atoms with E-state index in [1.54, 1.807) is 0 Å². The molecule has 0 spiro atoms. The lowest BCUT2D eigenvalue weighted by molar-refractivity contribution is -0.138. The molecule has 1 heterocycles. The highest BCUT2D eigenvalue weighted by Crippen LogP contribution is 2.04. The molecule has 0 aromatic heterocycles. The first-order valence-electron chi connectivity index (χ1n) is 7.34. The van der Waals surface area contributed by atoms with Crippen LogP contribution < -0.4 is 5.32 Å². The maximum absolute atomic E-state index is 11.9. The molecular weight excluding hydrogens is 258 g/mol. The minimum absolute atomic E-state index is 0.0536. The van der Waals surface area contributed by atoms with Crippen molar-refractivity contribution >= 4 is 11.9 Å². The van der Waals surface area contributed by atoms with E-state index in [1.807, 2.05) is 11.8 Å². The van der Waals surface area contributed by atoms with Gasteiger partial charge in [-0.25, -0.2) is 0 Å². The molecule has 1 atom stereocenters. The summed E-state index contributed by atoms with van der Waals surface area (Å²) in [6.45, 7) is 9.76. The first-order chi connectivity index (χ1) is 9.38. The Morgan fingerprint density at radius 2 is 1.60 bits per heavy atom. The van der Waals surface area contributed by atoms with Crippen LogP contribution in [0.5, 0.6) is 0 Å². The number of carboxylic acid groups (broad SMARTS) is 1. The molecule has 0 bridgehead atoms. The molecule has 1 amide bonds. The van der Waals surface area contributed by atoms with Crippen molar-refractivity contribution in [1.82, 2.24) is 15.1 Å². The van der Waals surface area contributed by atoms with Crippen molar-refractivity contribution in [3.63, 3.8) is 0 Å². The molecule has 0 radical (unpaired) electrons. The zero-order valence-electron chi connectivity index (χ0n) is 12.8. The molecule has 6 heteroatoms. The van der Waals surface area contributed by atoms with Crippen LogP contribution >= 0.6 is 0 Å². The van der Waals surface area contributed by atoms with Crippen LogP contribution in [0.3, 0.4) is 0 Å². The van der Waals surface area contributed by atoms with Gasteiger partial charge in [-0.15, -0.1) is 0 Å². The Hall–Kier alpha value is -1.14. The van der Waals surface area contributed by atoms with E-state index in [4.69, 9.17) is 5.11 Å². The molecule has 20 heavy (non-hydrogen) atoms. The second kappa shape index (κ2) is 8.21. The summed E-state index contributed by atoms with van der Waals surface area (Å²) < 4.78 is 0. The van der Waals surface area contributed by atoms with Gasteiger partial charge in [-0.05, 0) is 25.8 Å². The van der Waals surface area contributed by atoms with Gasteiger partial charge in [0, 0.05) is 25.7 Å². The Labute approximate surface area is 121 Å². The van der Waals surface area contributed by atoms with Gasteiger partial charge in [0.05, 0.1) is 13.1 Å². The topological polar surface area (TPSA) is 72.9 Å². The minimum atomic E-state index is -0.790. The van der Waals surface area contributed by atoms with E-state index in [0.29, 0.717) is 19.0 Å². The highest BCUT2D eigenvalue weighted by Gasteiger charge is 2.19. The Morgan fingerprint density at radius 3 is 2.10 bits per heavy atom. The van der Waals surface area contributed by atoms with Crippen LogP contribution in [0.15, 0.2) is 0 Å². The smallest absolute Gasteiger partial charge is 0.317 e. The van der Waals surface area contributed by atoms with Crippen LogP contribution in [-0.4, -0.2) is 72.1 Å². The predicted octanol–water partition coefficient (Wildman–Crippen LogP) is 0.239. The summed E-state index contributed by atoms with van der Waals surface area (Å²) in [4.78, 5) is 26.7. The van der Waals surface area contributed by atoms with Crippen molar-refractivity contribution in [1.29, 1.82) is 0 Å². The second-order valence-corrected chi connectivity index (χ2v) is 5.90. The number of amides is 1. The van der Waals surface area contributed by atoms with Gasteiger partial charge in [0.15, 0.2) is 0 Å². The molecular formula is C14H27N3O3. The molecule has 0 aromatic carbocycles. The number of nitrogens with zero attached hydrogens (tertiary/aromatic N) is 2. The summed E-state index contributed by atoms with van der Waals surface area (Å²) >= 11 is 0. The van der Waals surface area contributed by atoms with Gasteiger partial charge in [0.1, 0.15) is 0 Å². The Morgan fingerprint density at radius 1 is 1.05 bits per heavy atom. The first-order valence-corrected chi connectivity index (χ1v) is 7.34. The van der Waals surface area contributed by atoms with E-state index < -0.39 is 5.97 Å². The zero-order chi connectivity index (χ0) is 15.1. The number of aliphatic carboxylic acids is 1. The van der Waals surface area contributed by atoms with Crippen molar-refractivity contribution in [3.8, 4) is 0 Å². The summed E-state index contributed by atoms with van der Waals surface area (Å²) in [5.74, 6) is -0.311. The van der Waals surface area contributed by atoms with Crippen molar-refractivity contribution < 1.29 is 14.7 Å². The average molecular weight is 285 g/mol. The van der Waals surface area contributed by atoms with E-state index in [-0.39, 0.29) is 18.5 Å². The van der Waals surface area contributed by atoms with Gasteiger partial charge in [-0.1, -0.05) is 13.8 Å². The quantitative estimate of drug-likeness (QED) is 0.731. The van der Waals surface area contributed by atoms with Gasteiger partial charge in [0.2, 0.25) is 5.91 Å². The van der Waals surface area contributed by atoms with Gasteiger partial charge in [-0.3, -0.25) is 19.4 Å². The molecule has 116 valence electrons. The van der Waals surface area contributed by atoms with Gasteiger partial charge >= 0.3 is 5.97 Å². The minimum Gasteiger partial charge on any atom is -0.480 e. The highest BCUT2D eigenvalue weighted by atomic mass is 16.4. The number of rotatable bonds is 6. The third-order valence-corrected chi connectivity index (χ3v) is 3.80. The lowest BCUT2D eigenvalue weighted by atomic mass is 10.1. The summed E-state index contributed by atoms with van der Waals surface area (Å²) in [7, 11) is 0. The monoisotopic (exact) mass is 285 g/mol. The summed E-state index contributed by atoms with van der Waals surface area (Å²) in [6.07, 6.45) is 0.903. The summed E-state index contributed by atoms with van der Waals surface area (Å²) in [5.41, 5.74) is 0. The number of nitrogens with one attached hydrogen (secondary N) is 1. The number of carbonyl (C=O) groups excluding carboxylic acids is 1. The van der Waals surface area contributed by atoms with Crippen LogP contribution in [-0.2, 0) is 9.59 Å². The summed E-state index contributed by atoms with van der Waals surface area (Å²) in [6, 6.07) is 0.179. The fraction of sp³-hybridized carbons (Fsp3) is 0.857. The van der Waals surface area contributed by atoms with Crippen LogP contribution in [0.1, 0.15) is 27.2 Å². The number of hydrogen-bond donors (Lipinski definition) is 2.